The van der Waals surface area contributed by atoms with Gasteiger partial charge in [-0.15, -0.1) is 4.40 Å². The molecule has 0 saturated carbocycles. The Balaban J connectivity index is 1.91. The third-order valence-corrected chi connectivity index (χ3v) is 7.41. The number of carbonyl (C=O) groups is 1. The van der Waals surface area contributed by atoms with Gasteiger partial charge in [0.05, 0.1) is 23.5 Å². The van der Waals surface area contributed by atoms with Gasteiger partial charge < -0.3 is 9.47 Å². The first kappa shape index (κ1) is 25.1. The van der Waals surface area contributed by atoms with Crippen molar-refractivity contribution in [1.82, 2.24) is 4.90 Å². The van der Waals surface area contributed by atoms with Crippen molar-refractivity contribution in [3.63, 3.8) is 0 Å². The first-order valence-corrected chi connectivity index (χ1v) is 13.0. The molecule has 0 bridgehead atoms. The van der Waals surface area contributed by atoms with E-state index >= 15 is 0 Å². The van der Waals surface area contributed by atoms with Crippen LogP contribution in [0.5, 0.6) is 11.5 Å². The smallest absolute Gasteiger partial charge is 0.284 e. The Kier molecular flexibility index (Phi) is 8.45. The number of hydrogen-bond donors (Lipinski definition) is 0. The Morgan fingerprint density at radius 3 is 2.48 bits per heavy atom. The molecule has 2 aromatic rings. The van der Waals surface area contributed by atoms with Crippen molar-refractivity contribution in [2.45, 2.75) is 31.6 Å². The van der Waals surface area contributed by atoms with Crippen LogP contribution in [-0.4, -0.2) is 44.7 Å². The number of amides is 1. The zero-order chi connectivity index (χ0) is 24.0. The van der Waals surface area contributed by atoms with Gasteiger partial charge in [-0.3, -0.25) is 9.69 Å². The second-order valence-electron chi connectivity index (χ2n) is 7.08. The lowest BCUT2D eigenvalue weighted by atomic mass is 10.2. The van der Waals surface area contributed by atoms with Gasteiger partial charge in [0.25, 0.3) is 15.9 Å². The second kappa shape index (κ2) is 11.1. The number of halogens is 1. The molecule has 3 rings (SSSR count). The summed E-state index contributed by atoms with van der Waals surface area (Å²) in [6.07, 6.45) is 3.61. The van der Waals surface area contributed by atoms with Gasteiger partial charge in [0.2, 0.25) is 0 Å². The maximum absolute atomic E-state index is 12.9. The highest BCUT2D eigenvalue weighted by molar-refractivity contribution is 8.19. The number of methoxy groups -OCH3 is 1. The van der Waals surface area contributed by atoms with Crippen LogP contribution in [0.1, 0.15) is 32.3 Å². The van der Waals surface area contributed by atoms with E-state index < -0.39 is 10.0 Å². The number of hydrogen-bond acceptors (Lipinski definition) is 6. The van der Waals surface area contributed by atoms with Gasteiger partial charge in [-0.2, -0.15) is 8.42 Å². The largest absolute Gasteiger partial charge is 0.493 e. The summed E-state index contributed by atoms with van der Waals surface area (Å²) in [6.45, 7) is 4.69. The molecule has 0 radical (unpaired) electrons. The van der Waals surface area contributed by atoms with E-state index in [1.807, 2.05) is 6.07 Å². The van der Waals surface area contributed by atoms with Gasteiger partial charge in [0, 0.05) is 11.6 Å². The van der Waals surface area contributed by atoms with Crippen LogP contribution in [-0.2, 0) is 14.8 Å². The van der Waals surface area contributed by atoms with Crippen LogP contribution in [0.15, 0.2) is 56.7 Å². The number of carbonyl (C=O) groups excluding carboxylic acids is 1. The molecule has 10 heteroatoms. The van der Waals surface area contributed by atoms with E-state index in [2.05, 4.69) is 11.3 Å². The van der Waals surface area contributed by atoms with Crippen molar-refractivity contribution in [3.05, 3.63) is 58.0 Å². The highest BCUT2D eigenvalue weighted by Gasteiger charge is 2.34. The summed E-state index contributed by atoms with van der Waals surface area (Å²) in [4.78, 5) is 14.6. The van der Waals surface area contributed by atoms with Crippen LogP contribution in [0.2, 0.25) is 5.02 Å². The van der Waals surface area contributed by atoms with Gasteiger partial charge in [0.15, 0.2) is 16.7 Å². The molecule has 0 aromatic heterocycles. The minimum absolute atomic E-state index is 0.00459. The van der Waals surface area contributed by atoms with Crippen molar-refractivity contribution in [1.29, 1.82) is 0 Å². The number of sulfonamides is 1. The average Bonchev–Trinajstić information content (AvgIpc) is 3.07. The fourth-order valence-electron chi connectivity index (χ4n) is 2.99. The van der Waals surface area contributed by atoms with Crippen LogP contribution in [0, 0.1) is 0 Å². The Hall–Kier alpha value is -2.49. The van der Waals surface area contributed by atoms with E-state index in [0.717, 1.165) is 30.2 Å². The fraction of sp³-hybridized carbons (Fsp3) is 0.304. The molecule has 1 fully saturated rings. The summed E-state index contributed by atoms with van der Waals surface area (Å²) < 4.78 is 40.6. The normalized spacial score (nSPS) is 16.6. The van der Waals surface area contributed by atoms with Gasteiger partial charge in [0.1, 0.15) is 0 Å². The van der Waals surface area contributed by atoms with E-state index in [1.54, 1.807) is 32.2 Å². The lowest BCUT2D eigenvalue weighted by molar-refractivity contribution is -0.122. The molecule has 1 aliphatic heterocycles. The summed E-state index contributed by atoms with van der Waals surface area (Å²) in [5.41, 5.74) is 0.732. The summed E-state index contributed by atoms with van der Waals surface area (Å²) in [5, 5.41) is 0.529. The maximum atomic E-state index is 12.9. The maximum Gasteiger partial charge on any atom is 0.284 e. The molecular weight excluding hydrogens is 484 g/mol. The highest BCUT2D eigenvalue weighted by atomic mass is 35.5. The number of unbranched alkanes of at least 4 members (excludes halogenated alkanes) is 1. The van der Waals surface area contributed by atoms with E-state index in [9.17, 15) is 13.2 Å². The molecule has 1 amide bonds. The summed E-state index contributed by atoms with van der Waals surface area (Å²) in [5.74, 6) is 0.879. The molecular formula is C23H25ClN2O5S2. The van der Waals surface area contributed by atoms with Gasteiger partial charge in [-0.05, 0) is 73.1 Å². The zero-order valence-corrected chi connectivity index (χ0v) is 21.0. The predicted molar refractivity (Wildman–Crippen MR) is 132 cm³/mol. The third-order valence-electron chi connectivity index (χ3n) is 4.75. The summed E-state index contributed by atoms with van der Waals surface area (Å²) in [7, 11) is -2.43. The number of thioether (sulfide) groups is 1. The first-order chi connectivity index (χ1) is 15.8. The number of rotatable bonds is 9. The van der Waals surface area contributed by atoms with Gasteiger partial charge in [-0.1, -0.05) is 31.0 Å². The topological polar surface area (TPSA) is 85.3 Å². The molecule has 176 valence electrons. The average molecular weight is 509 g/mol. The Morgan fingerprint density at radius 1 is 1.12 bits per heavy atom. The van der Waals surface area contributed by atoms with Crippen molar-refractivity contribution < 1.29 is 22.7 Å². The Bertz CT molecular complexity index is 1180. The zero-order valence-electron chi connectivity index (χ0n) is 18.6. The second-order valence-corrected chi connectivity index (χ2v) is 10.1. The minimum atomic E-state index is -4.00. The van der Waals surface area contributed by atoms with E-state index in [4.69, 9.17) is 21.1 Å². The molecule has 0 spiro atoms. The summed E-state index contributed by atoms with van der Waals surface area (Å²) >= 11 is 6.87. The van der Waals surface area contributed by atoms with Crippen LogP contribution >= 0.6 is 23.4 Å². The molecule has 1 aliphatic rings. The standard InChI is InChI=1S/C23H25ClN2O5S2/c1-4-6-13-31-20-14-16(7-12-19(20)30-3)15-21-22(27)26(5-2)23(32-21)25-33(28,29)18-10-8-17(24)9-11-18/h7-12,14-15H,4-6,13H2,1-3H3. The van der Waals surface area contributed by atoms with Crippen molar-refractivity contribution in [2.24, 2.45) is 4.40 Å². The first-order valence-electron chi connectivity index (χ1n) is 10.4. The Labute approximate surface area is 203 Å². The molecule has 1 heterocycles. The quantitative estimate of drug-likeness (QED) is 0.341. The van der Waals surface area contributed by atoms with Crippen LogP contribution < -0.4 is 9.47 Å². The SMILES string of the molecule is CCCCOc1cc(C=C2SC(=NS(=O)(=O)c3ccc(Cl)cc3)N(CC)C2=O)ccc1OC. The number of amidine groups is 1. The molecule has 0 unspecified atom stereocenters. The number of benzene rings is 2. The van der Waals surface area contributed by atoms with Crippen LogP contribution in [0.3, 0.4) is 0 Å². The highest BCUT2D eigenvalue weighted by Crippen LogP contribution is 2.35. The number of ether oxygens (including phenoxy) is 2. The van der Waals surface area contributed by atoms with E-state index in [0.29, 0.717) is 28.0 Å². The monoisotopic (exact) mass is 508 g/mol. The minimum Gasteiger partial charge on any atom is -0.493 e. The third kappa shape index (κ3) is 6.10. The molecule has 0 N–H and O–H groups in total. The molecule has 0 atom stereocenters. The lowest BCUT2D eigenvalue weighted by Crippen LogP contribution is -2.29. The Morgan fingerprint density at radius 2 is 1.85 bits per heavy atom. The van der Waals surface area contributed by atoms with Crippen molar-refractivity contribution in [2.75, 3.05) is 20.3 Å². The fourth-order valence-corrected chi connectivity index (χ4v) is 5.36. The van der Waals surface area contributed by atoms with Gasteiger partial charge >= 0.3 is 0 Å². The predicted octanol–water partition coefficient (Wildman–Crippen LogP) is 5.21. The molecule has 7 nitrogen and oxygen atoms in total. The van der Waals surface area contributed by atoms with Crippen molar-refractivity contribution >= 4 is 50.5 Å². The van der Waals surface area contributed by atoms with Crippen LogP contribution in [0.4, 0.5) is 0 Å². The molecule has 33 heavy (non-hydrogen) atoms. The van der Waals surface area contributed by atoms with E-state index in [-0.39, 0.29) is 22.5 Å². The lowest BCUT2D eigenvalue weighted by Gasteiger charge is -2.12. The van der Waals surface area contributed by atoms with Gasteiger partial charge in [-0.25, -0.2) is 0 Å². The van der Waals surface area contributed by atoms with Crippen LogP contribution in [0.25, 0.3) is 6.08 Å². The number of nitrogens with zero attached hydrogens (tertiary/aromatic N) is 2. The molecule has 2 aromatic carbocycles. The number of likely N-dealkylation sites (N-methyl/N-ethyl adjacent to an activating group) is 1. The summed E-state index contributed by atoms with van der Waals surface area (Å²) in [6, 6.07) is 11.1. The molecule has 1 saturated heterocycles. The van der Waals surface area contributed by atoms with Crippen molar-refractivity contribution in [3.8, 4) is 11.5 Å². The van der Waals surface area contributed by atoms with E-state index in [1.165, 1.54) is 29.2 Å². The molecule has 0 aliphatic carbocycles.